The van der Waals surface area contributed by atoms with E-state index in [0.29, 0.717) is 12.2 Å². The number of aryl methyl sites for hydroxylation is 1. The molecule has 33 heavy (non-hydrogen) atoms. The number of allylic oxidation sites excluding steroid dienone is 1. The highest BCUT2D eigenvalue weighted by atomic mass is 19.1. The van der Waals surface area contributed by atoms with E-state index in [1.165, 1.54) is 12.1 Å². The molecule has 176 valence electrons. The van der Waals surface area contributed by atoms with Crippen molar-refractivity contribution in [1.82, 2.24) is 9.78 Å². The Hall–Kier alpha value is -4.07. The first-order valence-corrected chi connectivity index (χ1v) is 10.0. The molecule has 3 aromatic rings. The molecule has 4 N–H and O–H groups in total. The van der Waals surface area contributed by atoms with Gasteiger partial charge in [-0.25, -0.2) is 9.07 Å². The van der Waals surface area contributed by atoms with Crippen molar-refractivity contribution < 1.29 is 19.0 Å². The minimum atomic E-state index is -0.269. The molecule has 0 spiro atoms. The van der Waals surface area contributed by atoms with Gasteiger partial charge in [0.1, 0.15) is 23.1 Å². The van der Waals surface area contributed by atoms with Crippen molar-refractivity contribution in [2.75, 3.05) is 19.0 Å². The van der Waals surface area contributed by atoms with Crippen molar-refractivity contribution in [1.29, 1.82) is 0 Å². The Morgan fingerprint density at radius 3 is 2.33 bits per heavy atom. The van der Waals surface area contributed by atoms with Crippen LogP contribution in [-0.2, 0) is 4.79 Å². The summed E-state index contributed by atoms with van der Waals surface area (Å²) in [6, 6.07) is 14.1. The highest BCUT2D eigenvalue weighted by Crippen LogP contribution is 2.31. The minimum absolute atomic E-state index is 0.250. The molecule has 0 aliphatic heterocycles. The number of hydrogen-bond donors (Lipinski definition) is 3. The van der Waals surface area contributed by atoms with Crippen LogP contribution in [0.3, 0.4) is 0 Å². The average molecular weight is 455 g/mol. The van der Waals surface area contributed by atoms with Gasteiger partial charge < -0.3 is 20.9 Å². The van der Waals surface area contributed by atoms with Crippen molar-refractivity contribution in [3.05, 3.63) is 84.3 Å². The van der Waals surface area contributed by atoms with Gasteiger partial charge in [0, 0.05) is 18.2 Å². The molecule has 0 radical (unpaired) electrons. The molecule has 0 saturated heterocycles. The van der Waals surface area contributed by atoms with Gasteiger partial charge in [0.15, 0.2) is 0 Å². The molecule has 1 heterocycles. The van der Waals surface area contributed by atoms with Gasteiger partial charge in [-0.1, -0.05) is 30.9 Å². The first-order valence-electron chi connectivity index (χ1n) is 10.0. The fourth-order valence-corrected chi connectivity index (χ4v) is 2.75. The standard InChI is InChI=1S/C21H22FN3O.C3H7N.CH2O2/c1-14(2)13-23-20-12-18(16-8-10-17(22)11-9-16)24-25(20)21-15(3)6-5-7-19(21)26-4;1-3(2)4;2-1-3/h5-12,23H,1,13H2,2-4H3;1,4H2,2H3;1H,(H,2,3). The van der Waals surface area contributed by atoms with Crippen molar-refractivity contribution >= 4 is 12.3 Å². The third-order valence-electron chi connectivity index (χ3n) is 4.05. The van der Waals surface area contributed by atoms with Crippen LogP contribution in [0.1, 0.15) is 19.4 Å². The summed E-state index contributed by atoms with van der Waals surface area (Å²) >= 11 is 0. The van der Waals surface area contributed by atoms with Gasteiger partial charge in [0.2, 0.25) is 0 Å². The molecule has 0 aliphatic carbocycles. The first kappa shape index (κ1) is 27.0. The second-order valence-corrected chi connectivity index (χ2v) is 7.22. The largest absolute Gasteiger partial charge is 0.494 e. The maximum Gasteiger partial charge on any atom is 0.290 e. The van der Waals surface area contributed by atoms with Crippen LogP contribution in [0.15, 0.2) is 73.0 Å². The maximum atomic E-state index is 13.2. The van der Waals surface area contributed by atoms with Gasteiger partial charge in [0.05, 0.1) is 12.8 Å². The number of benzene rings is 2. The number of ether oxygens (including phenoxy) is 1. The van der Waals surface area contributed by atoms with Crippen molar-refractivity contribution in [2.45, 2.75) is 20.8 Å². The number of hydrogen-bond acceptors (Lipinski definition) is 5. The minimum Gasteiger partial charge on any atom is -0.494 e. The van der Waals surface area contributed by atoms with Crippen LogP contribution in [0.4, 0.5) is 10.2 Å². The maximum absolute atomic E-state index is 13.2. The van der Waals surface area contributed by atoms with Crippen LogP contribution in [-0.4, -0.2) is 35.0 Å². The molecule has 2 aromatic carbocycles. The van der Waals surface area contributed by atoms with Crippen molar-refractivity contribution in [2.24, 2.45) is 5.73 Å². The van der Waals surface area contributed by atoms with Crippen LogP contribution in [0.25, 0.3) is 16.9 Å². The summed E-state index contributed by atoms with van der Waals surface area (Å²) in [6.45, 7) is 13.4. The average Bonchev–Trinajstić information content (AvgIpc) is 3.16. The number of halogens is 1. The lowest BCUT2D eigenvalue weighted by Gasteiger charge is -2.15. The smallest absolute Gasteiger partial charge is 0.290 e. The number of nitrogens with two attached hydrogens (primary N) is 1. The summed E-state index contributed by atoms with van der Waals surface area (Å²) in [5.41, 5.74) is 10.1. The Morgan fingerprint density at radius 1 is 1.24 bits per heavy atom. The van der Waals surface area contributed by atoms with E-state index in [9.17, 15) is 4.39 Å². The SMILES string of the molecule is C=C(C)CNc1cc(-c2ccc(F)cc2)nn1-c1c(C)cccc1OC.C=C(C)N.O=CO. The van der Waals surface area contributed by atoms with Gasteiger partial charge in [0.25, 0.3) is 6.47 Å². The van der Waals surface area contributed by atoms with Gasteiger partial charge in [-0.2, -0.15) is 5.10 Å². The number of anilines is 1. The van der Waals surface area contributed by atoms with Crippen LogP contribution in [0.5, 0.6) is 5.75 Å². The number of nitrogens with one attached hydrogen (secondary N) is 1. The van der Waals surface area contributed by atoms with E-state index in [1.54, 1.807) is 26.2 Å². The van der Waals surface area contributed by atoms with E-state index in [-0.39, 0.29) is 12.3 Å². The Bertz CT molecular complexity index is 1070. The van der Waals surface area contributed by atoms with E-state index in [0.717, 1.165) is 39.6 Å². The number of methoxy groups -OCH3 is 1. The topological polar surface area (TPSA) is 102 Å². The molecule has 0 amide bonds. The third-order valence-corrected chi connectivity index (χ3v) is 4.05. The number of nitrogens with zero attached hydrogens (tertiary/aromatic N) is 2. The van der Waals surface area contributed by atoms with E-state index >= 15 is 0 Å². The zero-order chi connectivity index (χ0) is 25.0. The Morgan fingerprint density at radius 2 is 1.82 bits per heavy atom. The summed E-state index contributed by atoms with van der Waals surface area (Å²) in [5.74, 6) is 1.28. The Labute approximate surface area is 194 Å². The molecule has 0 aliphatic rings. The molecule has 7 nitrogen and oxygen atoms in total. The molecular formula is C25H31FN4O3. The third kappa shape index (κ3) is 8.53. The Kier molecular flexibility index (Phi) is 10.9. The molecular weight excluding hydrogens is 423 g/mol. The summed E-state index contributed by atoms with van der Waals surface area (Å²) in [5, 5.41) is 15.0. The normalized spacial score (nSPS) is 9.48. The molecule has 3 rings (SSSR count). The lowest BCUT2D eigenvalue weighted by atomic mass is 10.1. The van der Waals surface area contributed by atoms with Crippen molar-refractivity contribution in [3.63, 3.8) is 0 Å². The second-order valence-electron chi connectivity index (χ2n) is 7.22. The highest BCUT2D eigenvalue weighted by Gasteiger charge is 2.16. The molecule has 0 saturated carbocycles. The lowest BCUT2D eigenvalue weighted by Crippen LogP contribution is -2.10. The Balaban J connectivity index is 0.000000688. The van der Waals surface area contributed by atoms with Crippen LogP contribution in [0.2, 0.25) is 0 Å². The van der Waals surface area contributed by atoms with Gasteiger partial charge in [-0.15, -0.1) is 0 Å². The highest BCUT2D eigenvalue weighted by molar-refractivity contribution is 5.66. The zero-order valence-electron chi connectivity index (χ0n) is 19.4. The quantitative estimate of drug-likeness (QED) is 0.351. The van der Waals surface area contributed by atoms with Crippen LogP contribution in [0, 0.1) is 12.7 Å². The van der Waals surface area contributed by atoms with Gasteiger partial charge in [-0.05, 0) is 62.4 Å². The van der Waals surface area contributed by atoms with Gasteiger partial charge >= 0.3 is 0 Å². The van der Waals surface area contributed by atoms with E-state index in [4.69, 9.17) is 25.5 Å². The number of carbonyl (C=O) groups is 1. The molecule has 8 heteroatoms. The van der Waals surface area contributed by atoms with E-state index in [1.807, 2.05) is 42.8 Å². The van der Waals surface area contributed by atoms with E-state index in [2.05, 4.69) is 18.5 Å². The predicted molar refractivity (Wildman–Crippen MR) is 131 cm³/mol. The summed E-state index contributed by atoms with van der Waals surface area (Å²) < 4.78 is 20.6. The lowest BCUT2D eigenvalue weighted by molar-refractivity contribution is -0.122. The molecule has 0 atom stereocenters. The fourth-order valence-electron chi connectivity index (χ4n) is 2.75. The fraction of sp³-hybridized carbons (Fsp3) is 0.200. The number of aromatic nitrogens is 2. The number of para-hydroxylation sites is 1. The van der Waals surface area contributed by atoms with Crippen LogP contribution >= 0.6 is 0 Å². The van der Waals surface area contributed by atoms with E-state index < -0.39 is 0 Å². The predicted octanol–water partition coefficient (Wildman–Crippen LogP) is 5.16. The summed E-state index contributed by atoms with van der Waals surface area (Å²) in [4.78, 5) is 8.36. The first-order chi connectivity index (χ1) is 15.6. The molecule has 0 unspecified atom stereocenters. The number of rotatable bonds is 6. The molecule has 0 bridgehead atoms. The summed E-state index contributed by atoms with van der Waals surface area (Å²) in [7, 11) is 1.64. The van der Waals surface area contributed by atoms with Gasteiger partial charge in [-0.3, -0.25) is 4.79 Å². The monoisotopic (exact) mass is 454 g/mol. The second kappa shape index (κ2) is 13.4. The summed E-state index contributed by atoms with van der Waals surface area (Å²) in [6.07, 6.45) is 0. The molecule has 0 fully saturated rings. The van der Waals surface area contributed by atoms with Crippen molar-refractivity contribution in [3.8, 4) is 22.7 Å². The zero-order valence-corrected chi connectivity index (χ0v) is 19.4. The molecule has 1 aromatic heterocycles. The number of carboxylic acid groups (broad SMARTS) is 1. The van der Waals surface area contributed by atoms with Crippen LogP contribution < -0.4 is 15.8 Å².